The highest BCUT2D eigenvalue weighted by Crippen LogP contribution is 2.65. The maximum atomic E-state index is 13.7. The van der Waals surface area contributed by atoms with Crippen LogP contribution in [0, 0.1) is 42.9 Å². The third-order valence-electron chi connectivity index (χ3n) is 9.55. The van der Waals surface area contributed by atoms with E-state index >= 15 is 0 Å². The number of sulfonamides is 1. The van der Waals surface area contributed by atoms with Crippen LogP contribution in [-0.2, 0) is 10.0 Å². The van der Waals surface area contributed by atoms with Gasteiger partial charge in [0.15, 0.2) is 0 Å². The lowest BCUT2D eigenvalue weighted by atomic mass is 9.45. The van der Waals surface area contributed by atoms with Crippen LogP contribution in [0.1, 0.15) is 68.6 Å². The fourth-order valence-corrected chi connectivity index (χ4v) is 8.94. The van der Waals surface area contributed by atoms with E-state index in [-0.39, 0.29) is 29.3 Å². The van der Waals surface area contributed by atoms with Crippen molar-refractivity contribution in [1.29, 1.82) is 0 Å². The average Bonchev–Trinajstić information content (AvgIpc) is 2.86. The van der Waals surface area contributed by atoms with Crippen molar-refractivity contribution in [2.45, 2.75) is 70.6 Å². The van der Waals surface area contributed by atoms with Crippen LogP contribution in [0.15, 0.2) is 53.4 Å². The summed E-state index contributed by atoms with van der Waals surface area (Å²) in [4.78, 5) is 9.39. The number of anilines is 1. The van der Waals surface area contributed by atoms with Crippen LogP contribution in [0.2, 0.25) is 0 Å². The molecule has 1 aromatic heterocycles. The molecule has 218 valence electrons. The molecule has 3 aliphatic rings. The number of aryl methyl sites for hydroxylation is 2. The predicted molar refractivity (Wildman–Crippen MR) is 160 cm³/mol. The first-order valence-corrected chi connectivity index (χ1v) is 16.4. The molecule has 2 heterocycles. The minimum Gasteiger partial charge on any atom is -0.477 e. The van der Waals surface area contributed by atoms with E-state index in [9.17, 15) is 13.5 Å². The van der Waals surface area contributed by atoms with Gasteiger partial charge in [0.1, 0.15) is 0 Å². The molecule has 2 aromatic carbocycles. The van der Waals surface area contributed by atoms with E-state index in [1.165, 1.54) is 0 Å². The van der Waals surface area contributed by atoms with Crippen molar-refractivity contribution >= 4 is 16.0 Å². The van der Waals surface area contributed by atoms with E-state index in [2.05, 4.69) is 34.6 Å². The smallest absolute Gasteiger partial charge is 0.264 e. The molecule has 4 bridgehead atoms. The van der Waals surface area contributed by atoms with Gasteiger partial charge in [0.05, 0.1) is 17.2 Å². The molecule has 3 aromatic rings. The van der Waals surface area contributed by atoms with Crippen molar-refractivity contribution in [3.05, 3.63) is 65.2 Å². The standard InChI is InChI=1S/C33H41N3O4S/c1-20(2)11-25-19-40-29-13-28(30-21(3)7-5-8-22(30)4)34-32(35-29)36-41(38,39)27-10-6-9-24(12-27)31(25)26-16-33(17-26)14-23(15-33)18-37/h5-10,12-13,20,23,25-26,31,37H,11,14-19H2,1-4H3,(H,34,35,36)/t23?,25-,26?,31?,33?/m1/s1. The van der Waals surface area contributed by atoms with Crippen molar-refractivity contribution in [1.82, 2.24) is 9.97 Å². The Kier molecular flexibility index (Phi) is 7.35. The van der Waals surface area contributed by atoms with E-state index in [1.54, 1.807) is 6.07 Å². The third kappa shape index (κ3) is 5.48. The summed E-state index contributed by atoms with van der Waals surface area (Å²) in [5.41, 5.74) is 5.09. The van der Waals surface area contributed by atoms with E-state index in [1.807, 2.05) is 50.2 Å². The molecular weight excluding hydrogens is 534 g/mol. The second-order valence-electron chi connectivity index (χ2n) is 13.2. The Morgan fingerprint density at radius 2 is 1.73 bits per heavy atom. The Bertz CT molecular complexity index is 1520. The summed E-state index contributed by atoms with van der Waals surface area (Å²) >= 11 is 0. The van der Waals surface area contributed by atoms with Crippen molar-refractivity contribution in [3.8, 4) is 17.1 Å². The number of nitrogens with zero attached hydrogens (tertiary/aromatic N) is 2. The van der Waals surface area contributed by atoms with Gasteiger partial charge in [0.2, 0.25) is 11.8 Å². The number of rotatable bonds is 5. The fraction of sp³-hybridized carbons (Fsp3) is 0.515. The summed E-state index contributed by atoms with van der Waals surface area (Å²) < 4.78 is 36.4. The molecule has 2 atom stereocenters. The van der Waals surface area contributed by atoms with E-state index in [4.69, 9.17) is 4.74 Å². The zero-order chi connectivity index (χ0) is 28.9. The normalized spacial score (nSPS) is 28.4. The average molecular weight is 576 g/mol. The van der Waals surface area contributed by atoms with Crippen molar-refractivity contribution < 1.29 is 18.3 Å². The number of aromatic nitrogens is 2. The van der Waals surface area contributed by atoms with Gasteiger partial charge in [-0.25, -0.2) is 18.1 Å². The summed E-state index contributed by atoms with van der Waals surface area (Å²) in [5.74, 6) is 2.08. The van der Waals surface area contributed by atoms with E-state index in [0.29, 0.717) is 41.3 Å². The maximum Gasteiger partial charge on any atom is 0.264 e. The van der Waals surface area contributed by atoms with Crippen LogP contribution < -0.4 is 9.46 Å². The zero-order valence-corrected chi connectivity index (χ0v) is 25.2. The first-order valence-electron chi connectivity index (χ1n) is 14.9. The first kappa shape index (κ1) is 28.2. The van der Waals surface area contributed by atoms with Gasteiger partial charge in [0, 0.05) is 24.2 Å². The highest BCUT2D eigenvalue weighted by atomic mass is 32.2. The van der Waals surface area contributed by atoms with Gasteiger partial charge in [-0.15, -0.1) is 0 Å². The first-order chi connectivity index (χ1) is 19.6. The van der Waals surface area contributed by atoms with Gasteiger partial charge in [-0.1, -0.05) is 44.2 Å². The molecule has 41 heavy (non-hydrogen) atoms. The quantitative estimate of drug-likeness (QED) is 0.360. The minimum atomic E-state index is -3.93. The molecule has 0 amide bonds. The summed E-state index contributed by atoms with van der Waals surface area (Å²) in [6.45, 7) is 9.29. The summed E-state index contributed by atoms with van der Waals surface area (Å²) in [6, 6.07) is 15.3. The SMILES string of the molecule is Cc1cccc(C)c1-c1cc2nc(n1)NS(=O)(=O)c1cccc(c1)C(C1CC3(CC(CO)C3)C1)[C@H](CC(C)C)CO2. The van der Waals surface area contributed by atoms with Gasteiger partial charge in [-0.05, 0) is 104 Å². The molecule has 1 unspecified atom stereocenters. The molecule has 0 radical (unpaired) electrons. The summed E-state index contributed by atoms with van der Waals surface area (Å²) in [5, 5.41) is 9.60. The van der Waals surface area contributed by atoms with Gasteiger partial charge in [0.25, 0.3) is 10.0 Å². The molecular formula is C33H41N3O4S. The van der Waals surface area contributed by atoms with Crippen molar-refractivity contribution in [2.24, 2.45) is 29.1 Å². The lowest BCUT2D eigenvalue weighted by Crippen LogP contribution is -2.51. The second kappa shape index (κ2) is 10.7. The summed E-state index contributed by atoms with van der Waals surface area (Å²) in [7, 11) is -3.93. The van der Waals surface area contributed by atoms with Gasteiger partial charge >= 0.3 is 0 Å². The largest absolute Gasteiger partial charge is 0.477 e. The summed E-state index contributed by atoms with van der Waals surface area (Å²) in [6.07, 6.45) is 5.39. The lowest BCUT2D eigenvalue weighted by molar-refractivity contribution is -0.0978. The van der Waals surface area contributed by atoms with Crippen LogP contribution in [-0.4, -0.2) is 36.7 Å². The predicted octanol–water partition coefficient (Wildman–Crippen LogP) is 6.50. The van der Waals surface area contributed by atoms with Gasteiger partial charge in [-0.3, -0.25) is 0 Å². The Morgan fingerprint density at radius 1 is 1.02 bits per heavy atom. The third-order valence-corrected chi connectivity index (χ3v) is 10.9. The molecule has 1 aliphatic heterocycles. The lowest BCUT2D eigenvalue weighted by Gasteiger charge is -2.60. The number of benzene rings is 2. The van der Waals surface area contributed by atoms with Gasteiger partial charge in [-0.2, -0.15) is 4.98 Å². The second-order valence-corrected chi connectivity index (χ2v) is 14.9. The molecule has 2 fully saturated rings. The number of aliphatic hydroxyl groups is 1. The topological polar surface area (TPSA) is 101 Å². The number of hydrogen-bond donors (Lipinski definition) is 2. The van der Waals surface area contributed by atoms with E-state index in [0.717, 1.165) is 54.4 Å². The number of ether oxygens (including phenoxy) is 1. The molecule has 1 spiro atoms. The minimum absolute atomic E-state index is 0.00689. The van der Waals surface area contributed by atoms with E-state index < -0.39 is 10.0 Å². The fourth-order valence-electron chi connectivity index (χ4n) is 7.94. The maximum absolute atomic E-state index is 13.7. The van der Waals surface area contributed by atoms with Crippen LogP contribution >= 0.6 is 0 Å². The molecule has 6 rings (SSSR count). The van der Waals surface area contributed by atoms with Crippen molar-refractivity contribution in [2.75, 3.05) is 17.9 Å². The molecule has 2 saturated carbocycles. The molecule has 8 heteroatoms. The molecule has 7 nitrogen and oxygen atoms in total. The zero-order valence-electron chi connectivity index (χ0n) is 24.4. The Hall–Kier alpha value is -2.97. The molecule has 0 saturated heterocycles. The molecule has 2 aliphatic carbocycles. The van der Waals surface area contributed by atoms with Gasteiger partial charge < -0.3 is 9.84 Å². The van der Waals surface area contributed by atoms with Crippen molar-refractivity contribution in [3.63, 3.8) is 0 Å². The number of hydrogen-bond acceptors (Lipinski definition) is 6. The highest BCUT2D eigenvalue weighted by molar-refractivity contribution is 7.92. The van der Waals surface area contributed by atoms with Crippen LogP contribution in [0.5, 0.6) is 5.88 Å². The highest BCUT2D eigenvalue weighted by Gasteiger charge is 2.55. The van der Waals surface area contributed by atoms with Crippen LogP contribution in [0.3, 0.4) is 0 Å². The monoisotopic (exact) mass is 575 g/mol. The van der Waals surface area contributed by atoms with Crippen LogP contribution in [0.25, 0.3) is 11.3 Å². The van der Waals surface area contributed by atoms with Crippen LogP contribution in [0.4, 0.5) is 5.95 Å². The Morgan fingerprint density at radius 3 is 2.41 bits per heavy atom. The number of aliphatic hydroxyl groups excluding tert-OH is 1. The number of fused-ring (bicyclic) bond motifs is 4. The Balaban J connectivity index is 1.42. The molecule has 2 N–H and O–H groups in total. The Labute approximate surface area is 243 Å². The number of nitrogens with one attached hydrogen (secondary N) is 1.